The van der Waals surface area contributed by atoms with Crippen molar-refractivity contribution in [3.05, 3.63) is 65.2 Å². The van der Waals surface area contributed by atoms with E-state index in [0.717, 1.165) is 16.9 Å². The first-order valence-corrected chi connectivity index (χ1v) is 9.82. The summed E-state index contributed by atoms with van der Waals surface area (Å²) in [5.74, 6) is -1.81. The van der Waals surface area contributed by atoms with Crippen LogP contribution >= 0.6 is 0 Å². The number of carbonyl (C=O) groups is 4. The number of benzene rings is 2. The number of nitrogens with zero attached hydrogens (tertiary/aromatic N) is 1. The Hall–Kier alpha value is -3.94. The van der Waals surface area contributed by atoms with Crippen molar-refractivity contribution in [3.63, 3.8) is 0 Å². The van der Waals surface area contributed by atoms with Crippen LogP contribution in [0, 0.1) is 0 Å². The number of urea groups is 1. The molecule has 0 radical (unpaired) electrons. The predicted molar refractivity (Wildman–Crippen MR) is 113 cm³/mol. The molecule has 0 aliphatic carbocycles. The van der Waals surface area contributed by atoms with E-state index >= 15 is 0 Å². The van der Waals surface area contributed by atoms with Crippen LogP contribution in [0.2, 0.25) is 0 Å². The van der Waals surface area contributed by atoms with Gasteiger partial charge in [0.2, 0.25) is 0 Å². The molecular formula is C23H22N2O6. The van der Waals surface area contributed by atoms with Gasteiger partial charge in [-0.15, -0.1) is 0 Å². The average molecular weight is 422 g/mol. The summed E-state index contributed by atoms with van der Waals surface area (Å²) < 4.78 is 10.3. The fourth-order valence-electron chi connectivity index (χ4n) is 3.00. The minimum Gasteiger partial charge on any atom is -0.481 e. The van der Waals surface area contributed by atoms with Crippen molar-refractivity contribution in [1.29, 1.82) is 0 Å². The van der Waals surface area contributed by atoms with Gasteiger partial charge < -0.3 is 9.47 Å². The molecule has 1 saturated heterocycles. The van der Waals surface area contributed by atoms with Gasteiger partial charge in [0.1, 0.15) is 11.3 Å². The lowest BCUT2D eigenvalue weighted by Gasteiger charge is -2.26. The summed E-state index contributed by atoms with van der Waals surface area (Å²) in [6.07, 6.45) is 2.14. The highest BCUT2D eigenvalue weighted by Crippen LogP contribution is 2.25. The molecule has 8 heteroatoms. The smallest absolute Gasteiger partial charge is 0.344 e. The summed E-state index contributed by atoms with van der Waals surface area (Å²) in [7, 11) is 0. The number of hydrogen-bond acceptors (Lipinski definition) is 6. The van der Waals surface area contributed by atoms with Gasteiger partial charge in [-0.25, -0.2) is 14.5 Å². The van der Waals surface area contributed by atoms with Crippen LogP contribution in [-0.4, -0.2) is 37.0 Å². The molecule has 4 amide bonds. The van der Waals surface area contributed by atoms with Crippen LogP contribution in [0.1, 0.15) is 25.0 Å². The normalized spacial score (nSPS) is 15.1. The van der Waals surface area contributed by atoms with Crippen molar-refractivity contribution >= 4 is 35.6 Å². The molecule has 0 saturated carbocycles. The van der Waals surface area contributed by atoms with Gasteiger partial charge in [-0.05, 0) is 43.2 Å². The molecule has 2 aromatic rings. The highest BCUT2D eigenvalue weighted by molar-refractivity contribution is 6.39. The lowest BCUT2D eigenvalue weighted by atomic mass is 10.1. The lowest BCUT2D eigenvalue weighted by molar-refractivity contribution is -0.145. The number of barbiturate groups is 1. The molecule has 0 bridgehead atoms. The van der Waals surface area contributed by atoms with Gasteiger partial charge in [0.25, 0.3) is 11.8 Å². The van der Waals surface area contributed by atoms with E-state index in [4.69, 9.17) is 9.47 Å². The second-order valence-corrected chi connectivity index (χ2v) is 6.61. The zero-order valence-corrected chi connectivity index (χ0v) is 17.2. The van der Waals surface area contributed by atoms with E-state index < -0.39 is 23.8 Å². The summed E-state index contributed by atoms with van der Waals surface area (Å²) >= 11 is 0. The van der Waals surface area contributed by atoms with Crippen LogP contribution in [-0.2, 0) is 25.5 Å². The van der Waals surface area contributed by atoms with Crippen LogP contribution in [0.15, 0.2) is 54.1 Å². The van der Waals surface area contributed by atoms with E-state index in [9.17, 15) is 19.2 Å². The van der Waals surface area contributed by atoms with Crippen LogP contribution < -0.4 is 15.0 Å². The highest BCUT2D eigenvalue weighted by Gasteiger charge is 2.36. The third-order valence-electron chi connectivity index (χ3n) is 4.57. The van der Waals surface area contributed by atoms with E-state index in [2.05, 4.69) is 5.32 Å². The Morgan fingerprint density at radius 3 is 2.42 bits per heavy atom. The van der Waals surface area contributed by atoms with Gasteiger partial charge in [0.15, 0.2) is 6.61 Å². The Kier molecular flexibility index (Phi) is 6.81. The summed E-state index contributed by atoms with van der Waals surface area (Å²) in [5, 5.41) is 2.19. The molecule has 1 aliphatic rings. The fourth-order valence-corrected chi connectivity index (χ4v) is 3.00. The second-order valence-electron chi connectivity index (χ2n) is 6.61. The van der Waals surface area contributed by atoms with Crippen molar-refractivity contribution in [2.45, 2.75) is 20.3 Å². The molecular weight excluding hydrogens is 400 g/mol. The molecule has 1 N–H and O–H groups in total. The van der Waals surface area contributed by atoms with Crippen molar-refractivity contribution < 1.29 is 28.7 Å². The summed E-state index contributed by atoms with van der Waals surface area (Å²) in [6.45, 7) is 3.59. The molecule has 31 heavy (non-hydrogen) atoms. The van der Waals surface area contributed by atoms with Crippen molar-refractivity contribution in [3.8, 4) is 5.75 Å². The van der Waals surface area contributed by atoms with E-state index in [0.29, 0.717) is 17.0 Å². The number of aryl methyl sites for hydroxylation is 1. The Labute approximate surface area is 179 Å². The Balaban J connectivity index is 1.90. The number of carbonyl (C=O) groups excluding carboxylic acids is 4. The average Bonchev–Trinajstić information content (AvgIpc) is 2.76. The maximum atomic E-state index is 13.0. The SMILES string of the molecule is CCOC(=O)COc1ccccc1/C=C1/C(=O)NC(=O)N(c2ccc(CC)cc2)C1=O. The first-order valence-electron chi connectivity index (χ1n) is 9.82. The third-order valence-corrected chi connectivity index (χ3v) is 4.57. The van der Waals surface area contributed by atoms with Crippen molar-refractivity contribution in [1.82, 2.24) is 5.32 Å². The Morgan fingerprint density at radius 1 is 1.03 bits per heavy atom. The number of rotatable bonds is 7. The highest BCUT2D eigenvalue weighted by atomic mass is 16.6. The molecule has 8 nitrogen and oxygen atoms in total. The molecule has 0 atom stereocenters. The Morgan fingerprint density at radius 2 is 1.74 bits per heavy atom. The van der Waals surface area contributed by atoms with Crippen LogP contribution in [0.25, 0.3) is 6.08 Å². The quantitative estimate of drug-likeness (QED) is 0.418. The standard InChI is InChI=1S/C23H22N2O6/c1-3-15-9-11-17(12-10-15)25-22(28)18(21(27)24-23(25)29)13-16-7-5-6-8-19(16)31-14-20(26)30-4-2/h5-13H,3-4,14H2,1-2H3,(H,24,27,29)/b18-13-. The van der Waals surface area contributed by atoms with Crippen molar-refractivity contribution in [2.24, 2.45) is 0 Å². The number of anilines is 1. The zero-order valence-electron chi connectivity index (χ0n) is 17.2. The third kappa shape index (κ3) is 4.98. The van der Waals surface area contributed by atoms with Gasteiger partial charge >= 0.3 is 12.0 Å². The minimum atomic E-state index is -0.816. The molecule has 3 rings (SSSR count). The minimum absolute atomic E-state index is 0.228. The zero-order chi connectivity index (χ0) is 22.4. The first kappa shape index (κ1) is 21.8. The predicted octanol–water partition coefficient (Wildman–Crippen LogP) is 2.86. The second kappa shape index (κ2) is 9.71. The molecule has 0 aromatic heterocycles. The summed E-state index contributed by atoms with van der Waals surface area (Å²) in [4.78, 5) is 50.3. The number of nitrogens with one attached hydrogen (secondary N) is 1. The monoisotopic (exact) mass is 422 g/mol. The molecule has 1 aliphatic heterocycles. The molecule has 0 spiro atoms. The largest absolute Gasteiger partial charge is 0.481 e. The molecule has 0 unspecified atom stereocenters. The lowest BCUT2D eigenvalue weighted by Crippen LogP contribution is -2.54. The van der Waals surface area contributed by atoms with Crippen molar-refractivity contribution in [2.75, 3.05) is 18.1 Å². The summed E-state index contributed by atoms with van der Waals surface area (Å²) in [6, 6.07) is 12.7. The van der Waals surface area contributed by atoms with Crippen LogP contribution in [0.3, 0.4) is 0 Å². The van der Waals surface area contributed by atoms with E-state index in [1.54, 1.807) is 43.3 Å². The molecule has 2 aromatic carbocycles. The molecule has 1 fully saturated rings. The number of esters is 1. The van der Waals surface area contributed by atoms with E-state index in [1.807, 2.05) is 19.1 Å². The van der Waals surface area contributed by atoms with Crippen LogP contribution in [0.5, 0.6) is 5.75 Å². The van der Waals surface area contributed by atoms with E-state index in [1.165, 1.54) is 6.08 Å². The van der Waals surface area contributed by atoms with Crippen LogP contribution in [0.4, 0.5) is 10.5 Å². The maximum absolute atomic E-state index is 13.0. The van der Waals surface area contributed by atoms with E-state index in [-0.39, 0.29) is 18.8 Å². The molecule has 1 heterocycles. The maximum Gasteiger partial charge on any atom is 0.344 e. The number of para-hydroxylation sites is 1. The van der Waals surface area contributed by atoms with Gasteiger partial charge in [0.05, 0.1) is 12.3 Å². The molecule has 160 valence electrons. The van der Waals surface area contributed by atoms with Gasteiger partial charge in [0, 0.05) is 5.56 Å². The number of imide groups is 2. The fraction of sp³-hybridized carbons (Fsp3) is 0.217. The first-order chi connectivity index (χ1) is 14.9. The van der Waals surface area contributed by atoms with Gasteiger partial charge in [-0.2, -0.15) is 0 Å². The summed E-state index contributed by atoms with van der Waals surface area (Å²) in [5.41, 5.74) is 1.57. The van der Waals surface area contributed by atoms with Gasteiger partial charge in [-0.3, -0.25) is 14.9 Å². The topological polar surface area (TPSA) is 102 Å². The van der Waals surface area contributed by atoms with Gasteiger partial charge in [-0.1, -0.05) is 37.3 Å². The Bertz CT molecular complexity index is 1040. The number of hydrogen-bond donors (Lipinski definition) is 1. The number of amides is 4. The number of ether oxygens (including phenoxy) is 2.